The van der Waals surface area contributed by atoms with Gasteiger partial charge in [-0.05, 0) is 30.7 Å². The summed E-state index contributed by atoms with van der Waals surface area (Å²) < 4.78 is 10.6. The molecule has 4 N–H and O–H groups in total. The van der Waals surface area contributed by atoms with Gasteiger partial charge >= 0.3 is 5.97 Å². The summed E-state index contributed by atoms with van der Waals surface area (Å²) in [7, 11) is 5.04. The number of fused-ring (bicyclic) bond motifs is 1. The molecule has 2 amide bonds. The third-order valence-electron chi connectivity index (χ3n) is 5.12. The van der Waals surface area contributed by atoms with E-state index in [-0.39, 0.29) is 29.1 Å². The van der Waals surface area contributed by atoms with E-state index in [1.54, 1.807) is 19.1 Å². The fourth-order valence-electron chi connectivity index (χ4n) is 3.28. The number of halogens is 1. The maximum absolute atomic E-state index is 12.9. The summed E-state index contributed by atoms with van der Waals surface area (Å²) in [6.45, 7) is 1.62. The Morgan fingerprint density at radius 1 is 1.22 bits per heavy atom. The molecular formula is C22H25ClN4O5. The Bertz CT molecular complexity index is 1070. The molecule has 0 saturated carbocycles. The Kier molecular flexibility index (Phi) is 6.78. The maximum Gasteiger partial charge on any atom is 0.308 e. The lowest BCUT2D eigenvalue weighted by molar-refractivity contribution is -0.145. The van der Waals surface area contributed by atoms with E-state index in [4.69, 9.17) is 26.8 Å². The number of nitrogen functional groups attached to an aromatic ring is 1. The van der Waals surface area contributed by atoms with Crippen molar-refractivity contribution in [1.82, 2.24) is 5.32 Å². The van der Waals surface area contributed by atoms with Crippen molar-refractivity contribution in [3.63, 3.8) is 0 Å². The second kappa shape index (κ2) is 9.35. The van der Waals surface area contributed by atoms with Gasteiger partial charge in [0.1, 0.15) is 11.8 Å². The molecular weight excluding hydrogens is 436 g/mol. The average molecular weight is 461 g/mol. The third kappa shape index (κ3) is 4.88. The van der Waals surface area contributed by atoms with Gasteiger partial charge in [0.2, 0.25) is 5.91 Å². The molecule has 2 aromatic carbocycles. The highest BCUT2D eigenvalue weighted by atomic mass is 35.5. The standard InChI is InChI=1S/C22H25ClN4O5/c1-11(22(30)31-4)7-17-21(29)25-16-10-15(24)19(9-13(16)20(28)26-17)32-18-8-12(27(2)3)5-6-14(18)23/h5-6,8-11,17H,7,24H2,1-4H3,(H,25,29)(H,26,28)/t11-,17-/m1/s1. The summed E-state index contributed by atoms with van der Waals surface area (Å²) in [6, 6.07) is 7.28. The number of amides is 2. The lowest BCUT2D eigenvalue weighted by Gasteiger charge is -2.17. The predicted octanol–water partition coefficient (Wildman–Crippen LogP) is 3.03. The highest BCUT2D eigenvalue weighted by molar-refractivity contribution is 6.32. The zero-order valence-electron chi connectivity index (χ0n) is 18.2. The van der Waals surface area contributed by atoms with Crippen LogP contribution in [0.25, 0.3) is 0 Å². The molecule has 0 aromatic heterocycles. The van der Waals surface area contributed by atoms with Crippen molar-refractivity contribution in [2.75, 3.05) is 37.2 Å². The molecule has 10 heteroatoms. The van der Waals surface area contributed by atoms with Gasteiger partial charge < -0.3 is 30.7 Å². The number of carbonyl (C=O) groups is 3. The number of anilines is 3. The highest BCUT2D eigenvalue weighted by Gasteiger charge is 2.31. The molecule has 3 rings (SSSR count). The van der Waals surface area contributed by atoms with E-state index in [2.05, 4.69) is 10.6 Å². The van der Waals surface area contributed by atoms with E-state index in [0.29, 0.717) is 10.8 Å². The van der Waals surface area contributed by atoms with Crippen molar-refractivity contribution in [2.45, 2.75) is 19.4 Å². The van der Waals surface area contributed by atoms with Crippen molar-refractivity contribution >= 4 is 46.4 Å². The number of ether oxygens (including phenoxy) is 2. The molecule has 2 aromatic rings. The fraction of sp³-hybridized carbons (Fsp3) is 0.318. The summed E-state index contributed by atoms with van der Waals surface area (Å²) in [5.41, 5.74) is 7.64. The normalized spacial score (nSPS) is 16.2. The molecule has 0 radical (unpaired) electrons. The Labute approximate surface area is 190 Å². The lowest BCUT2D eigenvalue weighted by Crippen LogP contribution is -2.43. The second-order valence-electron chi connectivity index (χ2n) is 7.72. The van der Waals surface area contributed by atoms with Gasteiger partial charge in [-0.3, -0.25) is 14.4 Å². The van der Waals surface area contributed by atoms with E-state index in [0.717, 1.165) is 5.69 Å². The number of benzene rings is 2. The third-order valence-corrected chi connectivity index (χ3v) is 5.43. The lowest BCUT2D eigenvalue weighted by atomic mass is 10.0. The summed E-state index contributed by atoms with van der Waals surface area (Å²) in [5.74, 6) is -1.42. The number of rotatable bonds is 6. The summed E-state index contributed by atoms with van der Waals surface area (Å²) in [6.07, 6.45) is 0.0873. The first kappa shape index (κ1) is 23.2. The Hall–Kier alpha value is -3.46. The minimum Gasteiger partial charge on any atom is -0.469 e. The van der Waals surface area contributed by atoms with Crippen molar-refractivity contribution < 1.29 is 23.9 Å². The van der Waals surface area contributed by atoms with Crippen LogP contribution < -0.4 is 26.0 Å². The Balaban J connectivity index is 1.89. The molecule has 1 aliphatic heterocycles. The molecule has 2 atom stereocenters. The van der Waals surface area contributed by atoms with E-state index < -0.39 is 29.7 Å². The van der Waals surface area contributed by atoms with Crippen LogP contribution in [-0.4, -0.2) is 45.0 Å². The molecule has 0 aliphatic carbocycles. The van der Waals surface area contributed by atoms with E-state index in [1.165, 1.54) is 19.2 Å². The van der Waals surface area contributed by atoms with Crippen LogP contribution in [0.3, 0.4) is 0 Å². The molecule has 170 valence electrons. The minimum atomic E-state index is -0.916. The van der Waals surface area contributed by atoms with Crippen LogP contribution in [0.1, 0.15) is 23.7 Å². The van der Waals surface area contributed by atoms with Gasteiger partial charge in [0.05, 0.1) is 35.0 Å². The van der Waals surface area contributed by atoms with Gasteiger partial charge in [-0.2, -0.15) is 0 Å². The first-order chi connectivity index (χ1) is 15.1. The van der Waals surface area contributed by atoms with E-state index >= 15 is 0 Å². The number of nitrogens with two attached hydrogens (primary N) is 1. The van der Waals surface area contributed by atoms with Crippen molar-refractivity contribution in [3.05, 3.63) is 40.9 Å². The van der Waals surface area contributed by atoms with Gasteiger partial charge in [0.15, 0.2) is 5.75 Å². The zero-order valence-corrected chi connectivity index (χ0v) is 18.9. The number of nitrogens with zero attached hydrogens (tertiary/aromatic N) is 1. The molecule has 0 fully saturated rings. The van der Waals surface area contributed by atoms with Crippen LogP contribution in [0.4, 0.5) is 17.1 Å². The van der Waals surface area contributed by atoms with Gasteiger partial charge in [-0.1, -0.05) is 18.5 Å². The van der Waals surface area contributed by atoms with Gasteiger partial charge in [0, 0.05) is 25.8 Å². The molecule has 0 unspecified atom stereocenters. The van der Waals surface area contributed by atoms with Crippen molar-refractivity contribution in [3.8, 4) is 11.5 Å². The molecule has 1 heterocycles. The molecule has 0 bridgehead atoms. The molecule has 0 spiro atoms. The van der Waals surface area contributed by atoms with Crippen molar-refractivity contribution in [2.24, 2.45) is 5.92 Å². The fourth-order valence-corrected chi connectivity index (χ4v) is 3.44. The molecule has 9 nitrogen and oxygen atoms in total. The molecule has 1 aliphatic rings. The summed E-state index contributed by atoms with van der Waals surface area (Å²) in [4.78, 5) is 39.1. The Morgan fingerprint density at radius 2 is 1.94 bits per heavy atom. The van der Waals surface area contributed by atoms with Gasteiger partial charge in [0.25, 0.3) is 5.91 Å². The quantitative estimate of drug-likeness (QED) is 0.447. The number of methoxy groups -OCH3 is 1. The first-order valence-electron chi connectivity index (χ1n) is 9.88. The molecule has 32 heavy (non-hydrogen) atoms. The van der Waals surface area contributed by atoms with Gasteiger partial charge in [-0.25, -0.2) is 0 Å². The first-order valence-corrected chi connectivity index (χ1v) is 10.3. The monoisotopic (exact) mass is 460 g/mol. The van der Waals surface area contributed by atoms with Crippen LogP contribution >= 0.6 is 11.6 Å². The van der Waals surface area contributed by atoms with E-state index in [9.17, 15) is 14.4 Å². The number of esters is 1. The number of hydrogen-bond acceptors (Lipinski definition) is 7. The SMILES string of the molecule is COC(=O)[C@H](C)C[C@H]1NC(=O)c2cc(Oc3cc(N(C)C)ccc3Cl)c(N)cc2NC1=O. The minimum absolute atomic E-state index is 0.0873. The van der Waals surface area contributed by atoms with Crippen LogP contribution in [0.2, 0.25) is 5.02 Å². The zero-order chi connectivity index (χ0) is 23.6. The highest BCUT2D eigenvalue weighted by Crippen LogP contribution is 2.38. The van der Waals surface area contributed by atoms with Crippen LogP contribution in [0.15, 0.2) is 30.3 Å². The number of nitrogens with one attached hydrogen (secondary N) is 2. The van der Waals surface area contributed by atoms with Crippen molar-refractivity contribution in [1.29, 1.82) is 0 Å². The van der Waals surface area contributed by atoms with Gasteiger partial charge in [-0.15, -0.1) is 0 Å². The van der Waals surface area contributed by atoms with Crippen LogP contribution in [-0.2, 0) is 14.3 Å². The number of hydrogen-bond donors (Lipinski definition) is 3. The van der Waals surface area contributed by atoms with Crippen LogP contribution in [0.5, 0.6) is 11.5 Å². The largest absolute Gasteiger partial charge is 0.469 e. The van der Waals surface area contributed by atoms with Crippen LogP contribution in [0, 0.1) is 5.92 Å². The maximum atomic E-state index is 12.9. The Morgan fingerprint density at radius 3 is 2.59 bits per heavy atom. The number of carbonyl (C=O) groups excluding carboxylic acids is 3. The average Bonchev–Trinajstić information content (AvgIpc) is 2.85. The topological polar surface area (TPSA) is 123 Å². The smallest absolute Gasteiger partial charge is 0.308 e. The summed E-state index contributed by atoms with van der Waals surface area (Å²) >= 11 is 6.27. The predicted molar refractivity (Wildman–Crippen MR) is 122 cm³/mol. The van der Waals surface area contributed by atoms with E-state index in [1.807, 2.05) is 25.1 Å². The summed E-state index contributed by atoms with van der Waals surface area (Å²) in [5, 5.41) is 5.72. The second-order valence-corrected chi connectivity index (χ2v) is 8.13. The molecule has 0 saturated heterocycles.